The molecular formula is C14H26NO3+. The van der Waals surface area contributed by atoms with Crippen molar-refractivity contribution in [3.8, 4) is 0 Å². The summed E-state index contributed by atoms with van der Waals surface area (Å²) in [6, 6.07) is 0.697. The molecule has 0 aromatic carbocycles. The minimum absolute atomic E-state index is 0.0729. The fraction of sp³-hybridized carbons (Fsp3) is 0.929. The van der Waals surface area contributed by atoms with E-state index in [-0.39, 0.29) is 12.6 Å². The number of piperidine rings is 2. The number of quaternary nitrogens is 1. The molecule has 0 saturated carbocycles. The summed E-state index contributed by atoms with van der Waals surface area (Å²) in [6.07, 6.45) is 6.45. The molecular weight excluding hydrogens is 230 g/mol. The van der Waals surface area contributed by atoms with Crippen molar-refractivity contribution in [3.05, 3.63) is 0 Å². The number of hydrogen-bond donors (Lipinski definition) is 0. The topological polar surface area (TPSA) is 35.5 Å². The highest BCUT2D eigenvalue weighted by molar-refractivity contribution is 5.70. The van der Waals surface area contributed by atoms with E-state index < -0.39 is 0 Å². The minimum Gasteiger partial charge on any atom is -0.463 e. The molecule has 104 valence electrons. The average molecular weight is 256 g/mol. The van der Waals surface area contributed by atoms with Gasteiger partial charge in [0.25, 0.3) is 0 Å². The fourth-order valence-corrected chi connectivity index (χ4v) is 3.79. The second-order valence-corrected chi connectivity index (χ2v) is 6.01. The first kappa shape index (κ1) is 13.8. The van der Waals surface area contributed by atoms with Crippen LogP contribution in [0.4, 0.5) is 0 Å². The summed E-state index contributed by atoms with van der Waals surface area (Å²) in [5, 5.41) is 0. The van der Waals surface area contributed by atoms with Crippen LogP contribution in [0.3, 0.4) is 0 Å². The summed E-state index contributed by atoms with van der Waals surface area (Å²) in [7, 11) is 3.91. The smallest absolute Gasteiger partial charge is 0.332 e. The van der Waals surface area contributed by atoms with Gasteiger partial charge >= 0.3 is 5.97 Å². The largest absolute Gasteiger partial charge is 0.463 e. The van der Waals surface area contributed by atoms with Crippen molar-refractivity contribution in [1.82, 2.24) is 0 Å². The third kappa shape index (κ3) is 3.04. The number of carbonyl (C=O) groups is 1. The number of hydrogen-bond acceptors (Lipinski definition) is 3. The predicted molar refractivity (Wildman–Crippen MR) is 69.1 cm³/mol. The van der Waals surface area contributed by atoms with Crippen LogP contribution in [0.5, 0.6) is 0 Å². The van der Waals surface area contributed by atoms with E-state index in [1.807, 2.05) is 0 Å². The summed E-state index contributed by atoms with van der Waals surface area (Å²) in [5.41, 5.74) is 0. The number of ether oxygens (including phenoxy) is 2. The third-order valence-electron chi connectivity index (χ3n) is 4.73. The molecule has 0 radical (unpaired) electrons. The maximum atomic E-state index is 11.4. The van der Waals surface area contributed by atoms with E-state index in [9.17, 15) is 4.79 Å². The van der Waals surface area contributed by atoms with Gasteiger partial charge in [-0.1, -0.05) is 0 Å². The standard InChI is InChI=1S/C14H26NO3/c1-15-8-4-3-7-13(15)12(6-5-9-15)10-18-14(16)11-17-2/h12-13H,3-11H2,1-2H3/q+1/t12-,13-,15+/m0/s1. The summed E-state index contributed by atoms with van der Waals surface area (Å²) in [5.74, 6) is 0.318. The Balaban J connectivity index is 1.89. The Labute approximate surface area is 110 Å². The van der Waals surface area contributed by atoms with Gasteiger partial charge in [-0.15, -0.1) is 0 Å². The lowest BCUT2D eigenvalue weighted by Gasteiger charge is -2.51. The van der Waals surface area contributed by atoms with Gasteiger partial charge in [-0.05, 0) is 25.7 Å². The first-order chi connectivity index (χ1) is 8.65. The predicted octanol–water partition coefficient (Wildman–Crippen LogP) is 1.59. The molecule has 4 heteroatoms. The molecule has 0 bridgehead atoms. The zero-order chi connectivity index (χ0) is 13.0. The van der Waals surface area contributed by atoms with Crippen LogP contribution in [0.2, 0.25) is 0 Å². The first-order valence-corrected chi connectivity index (χ1v) is 7.14. The van der Waals surface area contributed by atoms with Gasteiger partial charge in [-0.3, -0.25) is 0 Å². The van der Waals surface area contributed by atoms with Gasteiger partial charge in [0.1, 0.15) is 6.61 Å². The lowest BCUT2D eigenvalue weighted by Crippen LogP contribution is -2.61. The second-order valence-electron chi connectivity index (χ2n) is 6.01. The van der Waals surface area contributed by atoms with E-state index in [2.05, 4.69) is 7.05 Å². The van der Waals surface area contributed by atoms with Crippen LogP contribution < -0.4 is 0 Å². The fourth-order valence-electron chi connectivity index (χ4n) is 3.79. The van der Waals surface area contributed by atoms with Crippen molar-refractivity contribution >= 4 is 5.97 Å². The van der Waals surface area contributed by atoms with E-state index in [1.165, 1.54) is 56.8 Å². The molecule has 3 atom stereocenters. The Kier molecular flexibility index (Phi) is 4.62. The van der Waals surface area contributed by atoms with Crippen molar-refractivity contribution < 1.29 is 18.8 Å². The molecule has 4 nitrogen and oxygen atoms in total. The number of nitrogens with zero attached hydrogens (tertiary/aromatic N) is 1. The van der Waals surface area contributed by atoms with Gasteiger partial charge in [0.15, 0.2) is 0 Å². The molecule has 2 heterocycles. The zero-order valence-corrected chi connectivity index (χ0v) is 11.7. The number of carbonyl (C=O) groups excluding carboxylic acids is 1. The average Bonchev–Trinajstić information content (AvgIpc) is 2.35. The molecule has 0 aromatic heterocycles. The van der Waals surface area contributed by atoms with Crippen LogP contribution >= 0.6 is 0 Å². The maximum Gasteiger partial charge on any atom is 0.332 e. The Morgan fingerprint density at radius 1 is 1.22 bits per heavy atom. The molecule has 0 N–H and O–H groups in total. The van der Waals surface area contributed by atoms with Crippen LogP contribution in [0.25, 0.3) is 0 Å². The van der Waals surface area contributed by atoms with E-state index in [4.69, 9.17) is 9.47 Å². The molecule has 0 amide bonds. The highest BCUT2D eigenvalue weighted by Crippen LogP contribution is 2.36. The lowest BCUT2D eigenvalue weighted by molar-refractivity contribution is -0.947. The molecule has 2 aliphatic rings. The maximum absolute atomic E-state index is 11.4. The Hall–Kier alpha value is -0.610. The molecule has 0 spiro atoms. The number of fused-ring (bicyclic) bond motifs is 1. The van der Waals surface area contributed by atoms with Crippen LogP contribution in [0.1, 0.15) is 32.1 Å². The molecule has 18 heavy (non-hydrogen) atoms. The van der Waals surface area contributed by atoms with Gasteiger partial charge in [-0.25, -0.2) is 4.79 Å². The Morgan fingerprint density at radius 3 is 2.78 bits per heavy atom. The van der Waals surface area contributed by atoms with Crippen molar-refractivity contribution in [2.24, 2.45) is 5.92 Å². The Bertz CT molecular complexity index is 291. The quantitative estimate of drug-likeness (QED) is 0.566. The van der Waals surface area contributed by atoms with E-state index >= 15 is 0 Å². The Morgan fingerprint density at radius 2 is 2.00 bits per heavy atom. The first-order valence-electron chi connectivity index (χ1n) is 7.14. The van der Waals surface area contributed by atoms with E-state index in [0.29, 0.717) is 18.6 Å². The number of esters is 1. The number of rotatable bonds is 4. The highest BCUT2D eigenvalue weighted by Gasteiger charge is 2.43. The lowest BCUT2D eigenvalue weighted by atomic mass is 9.82. The van der Waals surface area contributed by atoms with Gasteiger partial charge in [-0.2, -0.15) is 0 Å². The van der Waals surface area contributed by atoms with E-state index in [0.717, 1.165) is 0 Å². The zero-order valence-electron chi connectivity index (χ0n) is 11.7. The van der Waals surface area contributed by atoms with Crippen LogP contribution in [-0.2, 0) is 14.3 Å². The molecule has 2 rings (SSSR count). The number of methoxy groups -OCH3 is 1. The summed E-state index contributed by atoms with van der Waals surface area (Å²) < 4.78 is 11.3. The molecule has 0 unspecified atom stereocenters. The molecule has 0 aliphatic carbocycles. The summed E-state index contributed by atoms with van der Waals surface area (Å²) >= 11 is 0. The van der Waals surface area contributed by atoms with Crippen molar-refractivity contribution in [3.63, 3.8) is 0 Å². The van der Waals surface area contributed by atoms with Crippen LogP contribution in [-0.4, -0.2) is 57.0 Å². The SMILES string of the molecule is COCC(=O)OC[C@@H]1CCC[N@@+]2(C)CCCC[C@@H]12. The normalized spacial score (nSPS) is 35.9. The third-order valence-corrected chi connectivity index (χ3v) is 4.73. The monoisotopic (exact) mass is 256 g/mol. The van der Waals surface area contributed by atoms with Crippen molar-refractivity contribution in [2.75, 3.05) is 40.5 Å². The highest BCUT2D eigenvalue weighted by atomic mass is 16.6. The van der Waals surface area contributed by atoms with Gasteiger partial charge in [0, 0.05) is 19.4 Å². The summed E-state index contributed by atoms with van der Waals surface area (Å²) in [4.78, 5) is 11.4. The van der Waals surface area contributed by atoms with Gasteiger partial charge in [0.2, 0.25) is 0 Å². The molecule has 2 fully saturated rings. The summed E-state index contributed by atoms with van der Waals surface area (Å²) in [6.45, 7) is 3.25. The van der Waals surface area contributed by atoms with Crippen molar-refractivity contribution in [2.45, 2.75) is 38.1 Å². The van der Waals surface area contributed by atoms with Crippen molar-refractivity contribution in [1.29, 1.82) is 0 Å². The molecule has 2 aliphatic heterocycles. The molecule has 2 saturated heterocycles. The van der Waals surface area contributed by atoms with E-state index in [1.54, 1.807) is 0 Å². The minimum atomic E-state index is -0.229. The van der Waals surface area contributed by atoms with Gasteiger partial charge in [0.05, 0.1) is 32.8 Å². The van der Waals surface area contributed by atoms with Crippen LogP contribution in [0.15, 0.2) is 0 Å². The second kappa shape index (κ2) is 6.02. The van der Waals surface area contributed by atoms with Crippen LogP contribution in [0, 0.1) is 5.92 Å². The van der Waals surface area contributed by atoms with Gasteiger partial charge < -0.3 is 14.0 Å². The molecule has 0 aromatic rings.